The van der Waals surface area contributed by atoms with Crippen molar-refractivity contribution in [3.63, 3.8) is 0 Å². The van der Waals surface area contributed by atoms with Gasteiger partial charge in [-0.25, -0.2) is 4.79 Å². The molecule has 44 heavy (non-hydrogen) atoms. The van der Waals surface area contributed by atoms with Gasteiger partial charge >= 0.3 is 5.97 Å². The second kappa shape index (κ2) is 15.2. The first-order valence-electron chi connectivity index (χ1n) is 13.6. The topological polar surface area (TPSA) is 273 Å². The van der Waals surface area contributed by atoms with Crippen molar-refractivity contribution >= 4 is 46.4 Å². The zero-order chi connectivity index (χ0) is 32.4. The van der Waals surface area contributed by atoms with Crippen molar-refractivity contribution in [3.05, 3.63) is 65.9 Å². The van der Waals surface area contributed by atoms with Crippen molar-refractivity contribution in [1.29, 1.82) is 0 Å². The number of phenols is 1. The summed E-state index contributed by atoms with van der Waals surface area (Å²) in [6.45, 7) is 0. The van der Waals surface area contributed by atoms with Crippen molar-refractivity contribution in [2.24, 2.45) is 17.2 Å². The van der Waals surface area contributed by atoms with Gasteiger partial charge in [0.1, 0.15) is 23.9 Å². The van der Waals surface area contributed by atoms with Crippen LogP contribution in [0.4, 0.5) is 0 Å². The van der Waals surface area contributed by atoms with Gasteiger partial charge in [-0.1, -0.05) is 30.3 Å². The molecule has 0 aliphatic heterocycles. The highest BCUT2D eigenvalue weighted by molar-refractivity contribution is 5.96. The van der Waals surface area contributed by atoms with Crippen LogP contribution in [-0.4, -0.2) is 74.9 Å². The zero-order valence-corrected chi connectivity index (χ0v) is 23.6. The number of benzene rings is 2. The van der Waals surface area contributed by atoms with E-state index in [0.29, 0.717) is 11.1 Å². The largest absolute Gasteiger partial charge is 0.508 e. The van der Waals surface area contributed by atoms with Crippen molar-refractivity contribution in [1.82, 2.24) is 20.9 Å². The number of primary amides is 2. The van der Waals surface area contributed by atoms with Crippen LogP contribution < -0.4 is 33.2 Å². The highest BCUT2D eigenvalue weighted by Crippen LogP contribution is 2.20. The fourth-order valence-electron chi connectivity index (χ4n) is 4.46. The van der Waals surface area contributed by atoms with Crippen LogP contribution in [0.2, 0.25) is 0 Å². The molecule has 0 saturated heterocycles. The number of rotatable bonds is 16. The van der Waals surface area contributed by atoms with Gasteiger partial charge in [0.05, 0.1) is 12.5 Å². The van der Waals surface area contributed by atoms with E-state index in [1.54, 1.807) is 24.4 Å². The first-order chi connectivity index (χ1) is 20.8. The summed E-state index contributed by atoms with van der Waals surface area (Å²) >= 11 is 0. The number of carboxylic acid groups (broad SMARTS) is 1. The smallest absolute Gasteiger partial charge is 0.326 e. The maximum absolute atomic E-state index is 13.5. The van der Waals surface area contributed by atoms with E-state index in [0.717, 1.165) is 10.9 Å². The van der Waals surface area contributed by atoms with Crippen LogP contribution in [0.25, 0.3) is 10.9 Å². The van der Waals surface area contributed by atoms with E-state index in [-0.39, 0.29) is 31.4 Å². The Morgan fingerprint density at radius 3 is 2.02 bits per heavy atom. The average Bonchev–Trinajstić information content (AvgIpc) is 3.38. The molecule has 5 amide bonds. The van der Waals surface area contributed by atoms with Gasteiger partial charge in [0.2, 0.25) is 29.5 Å². The number of aromatic nitrogens is 1. The van der Waals surface area contributed by atoms with Crippen LogP contribution in [0.3, 0.4) is 0 Å². The number of hydrogen-bond acceptors (Lipinski definition) is 8. The predicted octanol–water partition coefficient (Wildman–Crippen LogP) is -1.33. The van der Waals surface area contributed by atoms with Crippen molar-refractivity contribution < 1.29 is 39.0 Å². The monoisotopic (exact) mass is 609 g/mol. The Morgan fingerprint density at radius 1 is 0.773 bits per heavy atom. The number of H-pyrrole nitrogens is 1. The van der Waals surface area contributed by atoms with Gasteiger partial charge in [-0.2, -0.15) is 0 Å². The quantitative estimate of drug-likeness (QED) is 0.0929. The molecule has 0 spiro atoms. The summed E-state index contributed by atoms with van der Waals surface area (Å²) in [5.74, 6) is -5.64. The minimum Gasteiger partial charge on any atom is -0.508 e. The number of carbonyl (C=O) groups excluding carboxylic acids is 5. The molecule has 234 valence electrons. The number of hydrogen-bond donors (Lipinski definition) is 9. The highest BCUT2D eigenvalue weighted by atomic mass is 16.4. The van der Waals surface area contributed by atoms with E-state index in [1.165, 1.54) is 24.3 Å². The van der Waals surface area contributed by atoms with E-state index in [1.807, 2.05) is 6.07 Å². The van der Waals surface area contributed by atoms with Gasteiger partial charge in [0, 0.05) is 36.4 Å². The summed E-state index contributed by atoms with van der Waals surface area (Å²) in [6.07, 6.45) is 0.474. The molecular weight excluding hydrogens is 574 g/mol. The molecule has 1 aromatic heterocycles. The molecule has 0 aliphatic rings. The molecule has 4 unspecified atom stereocenters. The molecular formula is C29H35N7O8. The van der Waals surface area contributed by atoms with Gasteiger partial charge in [0.15, 0.2) is 0 Å². The summed E-state index contributed by atoms with van der Waals surface area (Å²) < 4.78 is 0. The van der Waals surface area contributed by atoms with Gasteiger partial charge in [-0.15, -0.1) is 0 Å². The van der Waals surface area contributed by atoms with Crippen LogP contribution in [0.5, 0.6) is 5.75 Å². The Balaban J connectivity index is 1.85. The fraction of sp³-hybridized carbons (Fsp3) is 0.310. The SMILES string of the molecule is NC(=O)CCC(N)C(=O)NC(CC(N)=O)C(=O)NC(Cc1c[nH]c2ccccc12)C(=O)NC(Cc1ccc(O)cc1)C(=O)O. The van der Waals surface area contributed by atoms with Crippen LogP contribution in [0, 0.1) is 0 Å². The molecule has 15 nitrogen and oxygen atoms in total. The van der Waals surface area contributed by atoms with E-state index in [2.05, 4.69) is 20.9 Å². The normalized spacial score (nSPS) is 13.7. The molecule has 15 heteroatoms. The lowest BCUT2D eigenvalue weighted by Gasteiger charge is -2.25. The molecule has 0 radical (unpaired) electrons. The van der Waals surface area contributed by atoms with E-state index in [4.69, 9.17) is 17.2 Å². The number of aromatic hydroxyl groups is 1. The van der Waals surface area contributed by atoms with Crippen LogP contribution in [-0.2, 0) is 41.6 Å². The highest BCUT2D eigenvalue weighted by Gasteiger charge is 2.32. The third-order valence-corrected chi connectivity index (χ3v) is 6.80. The van der Waals surface area contributed by atoms with E-state index >= 15 is 0 Å². The van der Waals surface area contributed by atoms with Crippen LogP contribution in [0.15, 0.2) is 54.7 Å². The lowest BCUT2D eigenvalue weighted by molar-refractivity contribution is -0.142. The number of carbonyl (C=O) groups is 6. The lowest BCUT2D eigenvalue weighted by atomic mass is 10.0. The van der Waals surface area contributed by atoms with E-state index < -0.39 is 66.1 Å². The van der Waals surface area contributed by atoms with Gasteiger partial charge < -0.3 is 48.3 Å². The summed E-state index contributed by atoms with van der Waals surface area (Å²) in [5, 5.41) is 27.4. The maximum atomic E-state index is 13.5. The fourth-order valence-corrected chi connectivity index (χ4v) is 4.46. The third-order valence-electron chi connectivity index (χ3n) is 6.80. The maximum Gasteiger partial charge on any atom is 0.326 e. The first-order valence-corrected chi connectivity index (χ1v) is 13.6. The molecule has 1 heterocycles. The van der Waals surface area contributed by atoms with Crippen LogP contribution in [0.1, 0.15) is 30.4 Å². The van der Waals surface area contributed by atoms with Gasteiger partial charge in [-0.05, 0) is 35.7 Å². The molecule has 3 rings (SSSR count). The number of aliphatic carboxylic acids is 1. The number of carboxylic acids is 1. The first kappa shape index (κ1) is 33.1. The molecule has 12 N–H and O–H groups in total. The third kappa shape index (κ3) is 9.55. The summed E-state index contributed by atoms with van der Waals surface area (Å²) in [7, 11) is 0. The Bertz CT molecular complexity index is 1520. The lowest BCUT2D eigenvalue weighted by Crippen LogP contribution is -2.58. The molecule has 0 aliphatic carbocycles. The van der Waals surface area contributed by atoms with E-state index in [9.17, 15) is 39.0 Å². The zero-order valence-electron chi connectivity index (χ0n) is 23.6. The number of phenolic OH excluding ortho intramolecular Hbond substituents is 1. The van der Waals surface area contributed by atoms with Gasteiger partial charge in [0.25, 0.3) is 0 Å². The van der Waals surface area contributed by atoms with Crippen molar-refractivity contribution in [2.45, 2.75) is 56.3 Å². The minimum atomic E-state index is -1.54. The Morgan fingerprint density at radius 2 is 1.39 bits per heavy atom. The summed E-state index contributed by atoms with van der Waals surface area (Å²) in [4.78, 5) is 77.5. The molecule has 3 aromatic rings. The summed E-state index contributed by atoms with van der Waals surface area (Å²) in [6, 6.07) is 7.44. The molecule has 0 bridgehead atoms. The Kier molecular flexibility index (Phi) is 11.4. The van der Waals surface area contributed by atoms with Crippen molar-refractivity contribution in [3.8, 4) is 5.75 Å². The summed E-state index contributed by atoms with van der Waals surface area (Å²) in [5.41, 5.74) is 18.1. The number of nitrogens with two attached hydrogens (primary N) is 3. The minimum absolute atomic E-state index is 0.0161. The van der Waals surface area contributed by atoms with Gasteiger partial charge in [-0.3, -0.25) is 24.0 Å². The predicted molar refractivity (Wildman–Crippen MR) is 157 cm³/mol. The molecule has 0 saturated carbocycles. The Labute approximate surface area is 251 Å². The average molecular weight is 610 g/mol. The second-order valence-corrected chi connectivity index (χ2v) is 10.2. The molecule has 0 fully saturated rings. The molecule has 2 aromatic carbocycles. The number of fused-ring (bicyclic) bond motifs is 1. The second-order valence-electron chi connectivity index (χ2n) is 10.2. The number of aromatic amines is 1. The standard InChI is InChI=1S/C29H35N7O8/c30-19(9-10-24(31)38)26(40)34-22(13-25(32)39)28(42)35-21(12-16-14-33-20-4-2-1-3-18(16)20)27(41)36-23(29(43)44)11-15-5-7-17(37)8-6-15/h1-8,14,19,21-23,33,37H,9-13,30H2,(H2,31,38)(H2,32,39)(H,34,40)(H,35,42)(H,36,41)(H,43,44). The number of amides is 5. The molecule has 4 atom stereocenters. The van der Waals surface area contributed by atoms with Crippen LogP contribution >= 0.6 is 0 Å². The number of para-hydroxylation sites is 1. The number of nitrogens with one attached hydrogen (secondary N) is 4. The van der Waals surface area contributed by atoms with Crippen molar-refractivity contribution in [2.75, 3.05) is 0 Å². The Hall–Kier alpha value is -5.44.